The number of ether oxygens (including phenoxy) is 1. The third-order valence-electron chi connectivity index (χ3n) is 5.12. The van der Waals surface area contributed by atoms with Crippen molar-refractivity contribution in [1.29, 1.82) is 0 Å². The van der Waals surface area contributed by atoms with Crippen molar-refractivity contribution in [3.8, 4) is 5.75 Å². The van der Waals surface area contributed by atoms with E-state index in [1.165, 1.54) is 24.3 Å². The van der Waals surface area contributed by atoms with Gasteiger partial charge in [-0.25, -0.2) is 9.69 Å². The number of carbonyl (C=O) groups is 3. The van der Waals surface area contributed by atoms with E-state index in [-0.39, 0.29) is 27.1 Å². The molecule has 0 aliphatic carbocycles. The molecule has 0 aromatic heterocycles. The zero-order valence-electron chi connectivity index (χ0n) is 17.8. The van der Waals surface area contributed by atoms with Crippen LogP contribution in [0, 0.1) is 0 Å². The highest BCUT2D eigenvalue weighted by atomic mass is 35.5. The third kappa shape index (κ3) is 4.80. The molecule has 1 heterocycles. The average molecular weight is 516 g/mol. The van der Waals surface area contributed by atoms with Crippen molar-refractivity contribution in [2.75, 3.05) is 10.2 Å². The summed E-state index contributed by atoms with van der Waals surface area (Å²) in [7, 11) is 0. The number of hydrogen-bond donors (Lipinski definition) is 1. The molecule has 6 nitrogen and oxygen atoms in total. The molecular weight excluding hydrogens is 499 g/mol. The van der Waals surface area contributed by atoms with Crippen LogP contribution in [0.1, 0.15) is 22.8 Å². The van der Waals surface area contributed by atoms with E-state index in [2.05, 4.69) is 5.32 Å². The average Bonchev–Trinajstić information content (AvgIpc) is 3.04. The molecule has 3 aromatic rings. The monoisotopic (exact) mass is 514 g/mol. The van der Waals surface area contributed by atoms with Crippen LogP contribution in [0.15, 0.2) is 77.5 Å². The molecule has 0 atom stereocenters. The lowest BCUT2D eigenvalue weighted by Gasteiger charge is -2.15. The minimum absolute atomic E-state index is 0.0468. The Bertz CT molecular complexity index is 1320. The SMILES string of the molecule is CCc1ccc(N2C(=O)C(Cl)=C(Nc3ccc(C(=O)Oc4ccc(Cl)cc4Cl)cc3)C2=O)cc1. The number of esters is 1. The Morgan fingerprint density at radius 1 is 0.912 bits per heavy atom. The second-order valence-corrected chi connectivity index (χ2v) is 8.54. The van der Waals surface area contributed by atoms with Crippen molar-refractivity contribution in [3.05, 3.63) is 98.6 Å². The topological polar surface area (TPSA) is 75.7 Å². The zero-order valence-corrected chi connectivity index (χ0v) is 20.0. The predicted molar refractivity (Wildman–Crippen MR) is 133 cm³/mol. The van der Waals surface area contributed by atoms with Gasteiger partial charge in [0.05, 0.1) is 16.3 Å². The summed E-state index contributed by atoms with van der Waals surface area (Å²) in [6.07, 6.45) is 0.838. The molecular formula is C25H17Cl3N2O4. The molecule has 3 aromatic carbocycles. The molecule has 0 spiro atoms. The van der Waals surface area contributed by atoms with Gasteiger partial charge in [0.25, 0.3) is 11.8 Å². The van der Waals surface area contributed by atoms with Crippen LogP contribution < -0.4 is 15.0 Å². The molecule has 34 heavy (non-hydrogen) atoms. The number of amides is 2. The van der Waals surface area contributed by atoms with E-state index >= 15 is 0 Å². The zero-order chi connectivity index (χ0) is 24.4. The number of anilines is 2. The quantitative estimate of drug-likeness (QED) is 0.240. The smallest absolute Gasteiger partial charge is 0.343 e. The van der Waals surface area contributed by atoms with Crippen molar-refractivity contribution >= 4 is 64.0 Å². The van der Waals surface area contributed by atoms with E-state index in [0.29, 0.717) is 16.4 Å². The molecule has 1 N–H and O–H groups in total. The fourth-order valence-electron chi connectivity index (χ4n) is 3.28. The Hall–Kier alpha value is -3.32. The van der Waals surface area contributed by atoms with Crippen LogP contribution in [-0.4, -0.2) is 17.8 Å². The molecule has 1 aliphatic rings. The first-order chi connectivity index (χ1) is 16.3. The summed E-state index contributed by atoms with van der Waals surface area (Å²) >= 11 is 18.1. The standard InChI is InChI=1S/C25H17Cl3N2O4/c1-2-14-3-10-18(11-4-14)30-23(31)21(28)22(24(30)32)29-17-8-5-15(6-9-17)25(33)34-20-12-7-16(26)13-19(20)27/h3-13,29H,2H2,1H3. The highest BCUT2D eigenvalue weighted by Crippen LogP contribution is 2.31. The summed E-state index contributed by atoms with van der Waals surface area (Å²) in [4.78, 5) is 39.0. The van der Waals surface area contributed by atoms with Gasteiger partial charge < -0.3 is 10.1 Å². The van der Waals surface area contributed by atoms with Gasteiger partial charge in [-0.15, -0.1) is 0 Å². The van der Waals surface area contributed by atoms with Gasteiger partial charge >= 0.3 is 5.97 Å². The van der Waals surface area contributed by atoms with Crippen LogP contribution in [0.3, 0.4) is 0 Å². The van der Waals surface area contributed by atoms with Gasteiger partial charge in [-0.1, -0.05) is 53.9 Å². The molecule has 172 valence electrons. The second-order valence-electron chi connectivity index (χ2n) is 7.32. The lowest BCUT2D eigenvalue weighted by atomic mass is 10.1. The Balaban J connectivity index is 1.47. The number of benzene rings is 3. The molecule has 0 unspecified atom stereocenters. The summed E-state index contributed by atoms with van der Waals surface area (Å²) in [6.45, 7) is 2.01. The van der Waals surface area contributed by atoms with Crippen LogP contribution in [0.5, 0.6) is 5.75 Å². The fraction of sp³-hybridized carbons (Fsp3) is 0.0800. The van der Waals surface area contributed by atoms with Crippen LogP contribution in [-0.2, 0) is 16.0 Å². The van der Waals surface area contributed by atoms with Crippen molar-refractivity contribution in [2.45, 2.75) is 13.3 Å². The van der Waals surface area contributed by atoms with Gasteiger partial charge in [0.1, 0.15) is 16.5 Å². The first-order valence-corrected chi connectivity index (χ1v) is 11.3. The fourth-order valence-corrected chi connectivity index (χ4v) is 3.94. The molecule has 2 amide bonds. The Morgan fingerprint density at radius 3 is 2.21 bits per heavy atom. The Morgan fingerprint density at radius 2 is 1.59 bits per heavy atom. The number of halogens is 3. The minimum atomic E-state index is -0.623. The number of rotatable bonds is 6. The van der Waals surface area contributed by atoms with E-state index in [9.17, 15) is 14.4 Å². The molecule has 1 aliphatic heterocycles. The molecule has 0 bridgehead atoms. The van der Waals surface area contributed by atoms with E-state index < -0.39 is 17.8 Å². The van der Waals surface area contributed by atoms with Crippen molar-refractivity contribution < 1.29 is 19.1 Å². The van der Waals surface area contributed by atoms with E-state index in [4.69, 9.17) is 39.5 Å². The molecule has 4 rings (SSSR count). The third-order valence-corrected chi connectivity index (χ3v) is 6.00. The number of nitrogens with one attached hydrogen (secondary N) is 1. The summed E-state index contributed by atoms with van der Waals surface area (Å²) in [6, 6.07) is 17.8. The molecule has 9 heteroatoms. The minimum Gasteiger partial charge on any atom is -0.421 e. The van der Waals surface area contributed by atoms with Gasteiger partial charge in [-0.3, -0.25) is 9.59 Å². The van der Waals surface area contributed by atoms with Gasteiger partial charge in [0, 0.05) is 10.7 Å². The lowest BCUT2D eigenvalue weighted by molar-refractivity contribution is -0.120. The number of hydrogen-bond acceptors (Lipinski definition) is 5. The van der Waals surface area contributed by atoms with Crippen molar-refractivity contribution in [1.82, 2.24) is 0 Å². The molecule has 0 radical (unpaired) electrons. The number of carbonyl (C=O) groups excluding carboxylic acids is 3. The van der Waals surface area contributed by atoms with Crippen LogP contribution in [0.25, 0.3) is 0 Å². The van der Waals surface area contributed by atoms with E-state index in [1.807, 2.05) is 19.1 Å². The van der Waals surface area contributed by atoms with Crippen molar-refractivity contribution in [3.63, 3.8) is 0 Å². The first kappa shape index (κ1) is 23.8. The highest BCUT2D eigenvalue weighted by molar-refractivity contribution is 6.53. The largest absolute Gasteiger partial charge is 0.421 e. The van der Waals surface area contributed by atoms with Crippen molar-refractivity contribution in [2.24, 2.45) is 0 Å². The number of imide groups is 1. The number of nitrogens with zero attached hydrogens (tertiary/aromatic N) is 1. The summed E-state index contributed by atoms with van der Waals surface area (Å²) in [5, 5.41) is 3.28. The Kier molecular flexibility index (Phi) is 6.93. The highest BCUT2D eigenvalue weighted by Gasteiger charge is 2.38. The van der Waals surface area contributed by atoms with Gasteiger partial charge in [0.2, 0.25) is 0 Å². The summed E-state index contributed by atoms with van der Waals surface area (Å²) < 4.78 is 5.30. The summed E-state index contributed by atoms with van der Waals surface area (Å²) in [5.41, 5.74) is 2.18. The number of aryl methyl sites for hydroxylation is 1. The molecule has 0 saturated carbocycles. The first-order valence-electron chi connectivity index (χ1n) is 10.2. The summed E-state index contributed by atoms with van der Waals surface area (Å²) in [5.74, 6) is -1.63. The Labute approximate surface area is 210 Å². The van der Waals surface area contributed by atoms with Crippen LogP contribution in [0.4, 0.5) is 11.4 Å². The maximum Gasteiger partial charge on any atom is 0.343 e. The second kappa shape index (κ2) is 9.89. The van der Waals surface area contributed by atoms with Gasteiger partial charge in [0.15, 0.2) is 0 Å². The molecule has 0 fully saturated rings. The maximum atomic E-state index is 12.9. The van der Waals surface area contributed by atoms with Crippen LogP contribution in [0.2, 0.25) is 10.0 Å². The molecule has 0 saturated heterocycles. The predicted octanol–water partition coefficient (Wildman–Crippen LogP) is 6.21. The lowest BCUT2D eigenvalue weighted by Crippen LogP contribution is -2.32. The van der Waals surface area contributed by atoms with E-state index in [0.717, 1.165) is 16.9 Å². The normalized spacial score (nSPS) is 13.5. The van der Waals surface area contributed by atoms with Gasteiger partial charge in [-0.05, 0) is 66.6 Å². The van der Waals surface area contributed by atoms with Crippen LogP contribution >= 0.6 is 34.8 Å². The maximum absolute atomic E-state index is 12.9. The van der Waals surface area contributed by atoms with E-state index in [1.54, 1.807) is 30.3 Å². The van der Waals surface area contributed by atoms with Gasteiger partial charge in [-0.2, -0.15) is 0 Å².